The summed E-state index contributed by atoms with van der Waals surface area (Å²) in [4.78, 5) is 18.4. The van der Waals surface area contributed by atoms with Crippen molar-refractivity contribution in [2.24, 2.45) is 0 Å². The average Bonchev–Trinajstić information content (AvgIpc) is 3.25. The van der Waals surface area contributed by atoms with Crippen molar-refractivity contribution in [3.05, 3.63) is 59.7 Å². The van der Waals surface area contributed by atoms with Crippen molar-refractivity contribution in [2.45, 2.75) is 25.6 Å². The molecule has 0 saturated carbocycles. The molecule has 3 aromatic rings. The third-order valence-corrected chi connectivity index (χ3v) is 4.63. The van der Waals surface area contributed by atoms with Crippen LogP contribution in [0, 0.1) is 5.82 Å². The van der Waals surface area contributed by atoms with E-state index in [1.807, 2.05) is 0 Å². The summed E-state index contributed by atoms with van der Waals surface area (Å²) in [5.41, 5.74) is 1.28. The number of rotatable bonds is 4. The van der Waals surface area contributed by atoms with Crippen molar-refractivity contribution in [2.75, 3.05) is 18.1 Å². The van der Waals surface area contributed by atoms with Gasteiger partial charge in [-0.3, -0.25) is 0 Å². The van der Waals surface area contributed by atoms with Crippen molar-refractivity contribution in [3.8, 4) is 0 Å². The lowest BCUT2D eigenvalue weighted by Crippen LogP contribution is -2.25. The predicted octanol–water partition coefficient (Wildman–Crippen LogP) is 3.33. The maximum Gasteiger partial charge on any atom is 0.343 e. The number of benzene rings is 1. The molecule has 4 rings (SSSR count). The third kappa shape index (κ3) is 3.22. The quantitative estimate of drug-likeness (QED) is 0.658. The highest BCUT2D eigenvalue weighted by Gasteiger charge is 2.34. The van der Waals surface area contributed by atoms with E-state index in [-0.39, 0.29) is 37.0 Å². The maximum atomic E-state index is 14.2. The number of hydrogen-bond donors (Lipinski definition) is 0. The molecule has 6 nitrogen and oxygen atoms in total. The molecule has 2 atom stereocenters. The van der Waals surface area contributed by atoms with Crippen LogP contribution in [-0.2, 0) is 4.74 Å². The summed E-state index contributed by atoms with van der Waals surface area (Å²) in [5, 5.41) is 4.10. The van der Waals surface area contributed by atoms with Crippen molar-refractivity contribution in [1.82, 2.24) is 14.6 Å². The molecule has 3 heterocycles. The number of halogens is 2. The number of anilines is 1. The Hall–Kier alpha value is -3.03. The first-order chi connectivity index (χ1) is 13.1. The Morgan fingerprint density at radius 1 is 1.37 bits per heavy atom. The smallest absolute Gasteiger partial charge is 0.343 e. The molecule has 0 amide bonds. The Balaban J connectivity index is 1.73. The van der Waals surface area contributed by atoms with E-state index in [9.17, 15) is 13.6 Å². The van der Waals surface area contributed by atoms with E-state index in [0.717, 1.165) is 0 Å². The van der Waals surface area contributed by atoms with E-state index in [4.69, 9.17) is 4.74 Å². The van der Waals surface area contributed by atoms with Gasteiger partial charge in [0.05, 0.1) is 25.4 Å². The van der Waals surface area contributed by atoms with Crippen LogP contribution in [0.2, 0.25) is 0 Å². The van der Waals surface area contributed by atoms with Crippen LogP contribution in [0.5, 0.6) is 0 Å². The largest absolute Gasteiger partial charge is 0.462 e. The van der Waals surface area contributed by atoms with Gasteiger partial charge in [0.15, 0.2) is 5.65 Å². The zero-order valence-corrected chi connectivity index (χ0v) is 14.7. The molecule has 0 aliphatic carbocycles. The molecule has 8 heteroatoms. The van der Waals surface area contributed by atoms with Crippen LogP contribution in [0.25, 0.3) is 5.65 Å². The Morgan fingerprint density at radius 2 is 2.22 bits per heavy atom. The standard InChI is InChI=1S/C19H18F2N4O2/c1-2-27-19(26)15-10-22-25-7-6-17(23-18(15)25)24-11-14(21)9-16(24)12-4-3-5-13(20)8-12/h3-8,10,14,16H,2,9,11H2,1H3/t14-,16?/m0/s1. The molecular formula is C19H18F2N4O2. The number of carbonyl (C=O) groups excluding carboxylic acids is 1. The highest BCUT2D eigenvalue weighted by molar-refractivity contribution is 5.95. The summed E-state index contributed by atoms with van der Waals surface area (Å²) in [6.45, 7) is 2.11. The zero-order valence-electron chi connectivity index (χ0n) is 14.7. The van der Waals surface area contributed by atoms with Crippen LogP contribution in [-0.4, -0.2) is 39.9 Å². The zero-order chi connectivity index (χ0) is 19.0. The van der Waals surface area contributed by atoms with Crippen molar-refractivity contribution in [3.63, 3.8) is 0 Å². The number of ether oxygens (including phenoxy) is 1. The van der Waals surface area contributed by atoms with Gasteiger partial charge >= 0.3 is 5.97 Å². The van der Waals surface area contributed by atoms with Gasteiger partial charge < -0.3 is 9.64 Å². The van der Waals surface area contributed by atoms with E-state index in [0.29, 0.717) is 17.0 Å². The third-order valence-electron chi connectivity index (χ3n) is 4.63. The first-order valence-electron chi connectivity index (χ1n) is 8.74. The van der Waals surface area contributed by atoms with Crippen LogP contribution >= 0.6 is 0 Å². The molecule has 0 N–H and O–H groups in total. The fourth-order valence-electron chi connectivity index (χ4n) is 3.44. The van der Waals surface area contributed by atoms with Crippen LogP contribution < -0.4 is 4.90 Å². The lowest BCUT2D eigenvalue weighted by atomic mass is 10.0. The Bertz CT molecular complexity index is 991. The normalized spacial score (nSPS) is 19.6. The molecule has 140 valence electrons. The van der Waals surface area contributed by atoms with Gasteiger partial charge in [-0.05, 0) is 30.7 Å². The molecule has 0 spiro atoms. The van der Waals surface area contributed by atoms with Gasteiger partial charge in [0.1, 0.15) is 23.4 Å². The molecule has 0 bridgehead atoms. The molecule has 1 aliphatic rings. The van der Waals surface area contributed by atoms with Crippen molar-refractivity contribution >= 4 is 17.4 Å². The molecule has 2 aromatic heterocycles. The highest BCUT2D eigenvalue weighted by Crippen LogP contribution is 2.37. The monoisotopic (exact) mass is 372 g/mol. The number of alkyl halides is 1. The molecule has 0 radical (unpaired) electrons. The van der Waals surface area contributed by atoms with Gasteiger partial charge in [-0.25, -0.2) is 23.1 Å². The number of nitrogens with zero attached hydrogens (tertiary/aromatic N) is 4. The molecule has 1 saturated heterocycles. The van der Waals surface area contributed by atoms with Crippen LogP contribution in [0.1, 0.15) is 35.3 Å². The predicted molar refractivity (Wildman–Crippen MR) is 94.9 cm³/mol. The van der Waals surface area contributed by atoms with Gasteiger partial charge in [0, 0.05) is 12.6 Å². The molecule has 1 fully saturated rings. The van der Waals surface area contributed by atoms with E-state index in [1.54, 1.807) is 36.2 Å². The summed E-state index contributed by atoms with van der Waals surface area (Å²) in [7, 11) is 0. The van der Waals surface area contributed by atoms with E-state index in [1.165, 1.54) is 22.8 Å². The van der Waals surface area contributed by atoms with Crippen LogP contribution in [0.4, 0.5) is 14.6 Å². The SMILES string of the molecule is CCOC(=O)c1cnn2ccc(N3C[C@@H](F)CC3c3cccc(F)c3)nc12. The highest BCUT2D eigenvalue weighted by atomic mass is 19.1. The Kier molecular flexibility index (Phi) is 4.47. The molecule has 27 heavy (non-hydrogen) atoms. The second-order valence-corrected chi connectivity index (χ2v) is 6.39. The summed E-state index contributed by atoms with van der Waals surface area (Å²) < 4.78 is 34.3. The first-order valence-corrected chi connectivity index (χ1v) is 8.74. The number of carbonyl (C=O) groups is 1. The summed E-state index contributed by atoms with van der Waals surface area (Å²) >= 11 is 0. The van der Waals surface area contributed by atoms with Crippen molar-refractivity contribution < 1.29 is 18.3 Å². The minimum Gasteiger partial charge on any atom is -0.462 e. The van der Waals surface area contributed by atoms with Crippen LogP contribution in [0.15, 0.2) is 42.7 Å². The topological polar surface area (TPSA) is 59.7 Å². The Morgan fingerprint density at radius 3 is 3.00 bits per heavy atom. The fourth-order valence-corrected chi connectivity index (χ4v) is 3.44. The average molecular weight is 372 g/mol. The van der Waals surface area contributed by atoms with E-state index >= 15 is 0 Å². The molecule has 1 unspecified atom stereocenters. The lowest BCUT2D eigenvalue weighted by Gasteiger charge is -2.25. The lowest BCUT2D eigenvalue weighted by molar-refractivity contribution is 0.0528. The van der Waals surface area contributed by atoms with E-state index < -0.39 is 12.1 Å². The second kappa shape index (κ2) is 6.94. The van der Waals surface area contributed by atoms with Gasteiger partial charge in [0.2, 0.25) is 0 Å². The molecular weight excluding hydrogens is 354 g/mol. The molecule has 1 aromatic carbocycles. The fraction of sp³-hybridized carbons (Fsp3) is 0.316. The molecule has 1 aliphatic heterocycles. The van der Waals surface area contributed by atoms with Gasteiger partial charge in [-0.2, -0.15) is 5.10 Å². The van der Waals surface area contributed by atoms with Crippen LogP contribution in [0.3, 0.4) is 0 Å². The summed E-state index contributed by atoms with van der Waals surface area (Å²) in [5.74, 6) is -0.370. The Labute approximate surface area is 154 Å². The number of hydrogen-bond acceptors (Lipinski definition) is 5. The minimum atomic E-state index is -1.05. The van der Waals surface area contributed by atoms with Crippen molar-refractivity contribution in [1.29, 1.82) is 0 Å². The minimum absolute atomic E-state index is 0.146. The van der Waals surface area contributed by atoms with Gasteiger partial charge in [-0.1, -0.05) is 12.1 Å². The maximum absolute atomic E-state index is 14.2. The van der Waals surface area contributed by atoms with Gasteiger partial charge in [-0.15, -0.1) is 0 Å². The first kappa shape index (κ1) is 17.4. The summed E-state index contributed by atoms with van der Waals surface area (Å²) in [6, 6.07) is 7.54. The second-order valence-electron chi connectivity index (χ2n) is 6.39. The number of aromatic nitrogens is 3. The number of fused-ring (bicyclic) bond motifs is 1. The number of esters is 1. The van der Waals surface area contributed by atoms with E-state index in [2.05, 4.69) is 10.1 Å². The summed E-state index contributed by atoms with van der Waals surface area (Å²) in [6.07, 6.45) is 2.26. The van der Waals surface area contributed by atoms with Gasteiger partial charge in [0.25, 0.3) is 0 Å².